The van der Waals surface area contributed by atoms with Gasteiger partial charge in [0.25, 0.3) is 0 Å². The molecule has 1 heterocycles. The third-order valence-corrected chi connectivity index (χ3v) is 6.03. The first-order valence-electron chi connectivity index (χ1n) is 11.7. The van der Waals surface area contributed by atoms with Crippen LogP contribution in [-0.2, 0) is 11.2 Å². The molecule has 0 spiro atoms. The van der Waals surface area contributed by atoms with Crippen molar-refractivity contribution in [3.8, 4) is 5.75 Å². The maximum absolute atomic E-state index is 6.03. The fourth-order valence-electron chi connectivity index (χ4n) is 4.25. The molecule has 3 aromatic rings. The standard InChI is InChI=1S/C29H33NO2/c1-2-25(23-24-9-5-3-6-10-24)29(26-11-7-4-8-12-26)27-13-15-28(16-14-27)32-22-19-30-17-20-31-21-18-30/h3-16H,2,17-23H2,1H3/b29-25-. The second-order valence-corrected chi connectivity index (χ2v) is 8.19. The number of hydrogen-bond acceptors (Lipinski definition) is 3. The molecule has 0 aromatic heterocycles. The van der Waals surface area contributed by atoms with Crippen LogP contribution in [0.4, 0.5) is 0 Å². The van der Waals surface area contributed by atoms with E-state index in [9.17, 15) is 0 Å². The second kappa shape index (κ2) is 11.7. The van der Waals surface area contributed by atoms with Gasteiger partial charge in [-0.05, 0) is 47.2 Å². The van der Waals surface area contributed by atoms with E-state index in [2.05, 4.69) is 96.8 Å². The molecule has 1 aliphatic heterocycles. The maximum atomic E-state index is 6.03. The molecule has 1 aliphatic rings. The zero-order valence-electron chi connectivity index (χ0n) is 19.0. The van der Waals surface area contributed by atoms with Gasteiger partial charge in [0, 0.05) is 19.6 Å². The fraction of sp³-hybridized carbons (Fsp3) is 0.310. The molecule has 1 saturated heterocycles. The van der Waals surface area contributed by atoms with Gasteiger partial charge in [0.15, 0.2) is 0 Å². The lowest BCUT2D eigenvalue weighted by atomic mass is 9.88. The molecule has 4 rings (SSSR count). The van der Waals surface area contributed by atoms with Gasteiger partial charge in [-0.25, -0.2) is 0 Å². The van der Waals surface area contributed by atoms with Crippen LogP contribution in [0.15, 0.2) is 90.5 Å². The first-order valence-corrected chi connectivity index (χ1v) is 11.7. The highest BCUT2D eigenvalue weighted by molar-refractivity contribution is 5.82. The Morgan fingerprint density at radius 3 is 2.09 bits per heavy atom. The van der Waals surface area contributed by atoms with E-state index < -0.39 is 0 Å². The SMILES string of the molecule is CC/C(Cc1ccccc1)=C(\c1ccccc1)c1ccc(OCCN2CCOCC2)cc1. The van der Waals surface area contributed by atoms with Gasteiger partial charge in [0.1, 0.15) is 12.4 Å². The number of hydrogen-bond donors (Lipinski definition) is 0. The van der Waals surface area contributed by atoms with E-state index in [0.717, 1.165) is 51.4 Å². The summed E-state index contributed by atoms with van der Waals surface area (Å²) in [6.45, 7) is 7.54. The monoisotopic (exact) mass is 427 g/mol. The minimum Gasteiger partial charge on any atom is -0.492 e. The third kappa shape index (κ3) is 6.09. The van der Waals surface area contributed by atoms with Gasteiger partial charge in [0.2, 0.25) is 0 Å². The van der Waals surface area contributed by atoms with Gasteiger partial charge in [0.05, 0.1) is 13.2 Å². The normalized spacial score (nSPS) is 15.3. The van der Waals surface area contributed by atoms with Crippen LogP contribution in [0, 0.1) is 0 Å². The molecule has 1 fully saturated rings. The Labute approximate surface area is 192 Å². The van der Waals surface area contributed by atoms with Crippen LogP contribution in [0.3, 0.4) is 0 Å². The number of ether oxygens (including phenoxy) is 2. The van der Waals surface area contributed by atoms with E-state index in [1.165, 1.54) is 27.8 Å². The van der Waals surface area contributed by atoms with Gasteiger partial charge in [-0.15, -0.1) is 0 Å². The van der Waals surface area contributed by atoms with Gasteiger partial charge in [-0.2, -0.15) is 0 Å². The molecule has 0 radical (unpaired) electrons. The largest absolute Gasteiger partial charge is 0.492 e. The Morgan fingerprint density at radius 2 is 1.44 bits per heavy atom. The highest BCUT2D eigenvalue weighted by Crippen LogP contribution is 2.31. The molecule has 0 N–H and O–H groups in total. The summed E-state index contributed by atoms with van der Waals surface area (Å²) < 4.78 is 11.4. The van der Waals surface area contributed by atoms with Gasteiger partial charge in [-0.3, -0.25) is 4.90 Å². The predicted octanol–water partition coefficient (Wildman–Crippen LogP) is 5.85. The average Bonchev–Trinajstić information content (AvgIpc) is 2.86. The lowest BCUT2D eigenvalue weighted by Crippen LogP contribution is -2.38. The molecule has 32 heavy (non-hydrogen) atoms. The summed E-state index contributed by atoms with van der Waals surface area (Å²) in [6, 6.07) is 30.1. The Balaban J connectivity index is 1.53. The highest BCUT2D eigenvalue weighted by atomic mass is 16.5. The number of allylic oxidation sites excluding steroid dienone is 1. The molecule has 3 nitrogen and oxygen atoms in total. The van der Waals surface area contributed by atoms with Crippen molar-refractivity contribution >= 4 is 5.57 Å². The Hall–Kier alpha value is -2.88. The van der Waals surface area contributed by atoms with Crippen LogP contribution in [-0.4, -0.2) is 44.4 Å². The number of nitrogens with zero attached hydrogens (tertiary/aromatic N) is 1. The zero-order chi connectivity index (χ0) is 22.0. The first kappa shape index (κ1) is 22.3. The molecule has 0 aliphatic carbocycles. The van der Waals surface area contributed by atoms with Crippen molar-refractivity contribution in [1.29, 1.82) is 0 Å². The number of morpholine rings is 1. The smallest absolute Gasteiger partial charge is 0.119 e. The van der Waals surface area contributed by atoms with Crippen molar-refractivity contribution < 1.29 is 9.47 Å². The topological polar surface area (TPSA) is 21.7 Å². The second-order valence-electron chi connectivity index (χ2n) is 8.19. The lowest BCUT2D eigenvalue weighted by Gasteiger charge is -2.26. The molecule has 0 saturated carbocycles. The zero-order valence-corrected chi connectivity index (χ0v) is 19.0. The van der Waals surface area contributed by atoms with Crippen molar-refractivity contribution in [3.05, 3.63) is 107 Å². The summed E-state index contributed by atoms with van der Waals surface area (Å²) in [5.74, 6) is 0.926. The molecular weight excluding hydrogens is 394 g/mol. The van der Waals surface area contributed by atoms with Gasteiger partial charge in [-0.1, -0.05) is 85.3 Å². The number of rotatable bonds is 9. The molecule has 0 amide bonds. The predicted molar refractivity (Wildman–Crippen MR) is 132 cm³/mol. The first-order chi connectivity index (χ1) is 15.8. The molecule has 166 valence electrons. The summed E-state index contributed by atoms with van der Waals surface area (Å²) in [7, 11) is 0. The maximum Gasteiger partial charge on any atom is 0.119 e. The quantitative estimate of drug-likeness (QED) is 0.427. The van der Waals surface area contributed by atoms with E-state index in [1.54, 1.807) is 0 Å². The molecule has 3 heteroatoms. The Kier molecular flexibility index (Phi) is 8.13. The fourth-order valence-corrected chi connectivity index (χ4v) is 4.25. The summed E-state index contributed by atoms with van der Waals surface area (Å²) in [5, 5.41) is 0. The Bertz CT molecular complexity index is 975. The van der Waals surface area contributed by atoms with E-state index in [1.807, 2.05) is 0 Å². The van der Waals surface area contributed by atoms with E-state index >= 15 is 0 Å². The summed E-state index contributed by atoms with van der Waals surface area (Å²) in [4.78, 5) is 2.39. The summed E-state index contributed by atoms with van der Waals surface area (Å²) in [6.07, 6.45) is 1.97. The van der Waals surface area contributed by atoms with Crippen LogP contribution in [0.1, 0.15) is 30.0 Å². The van der Waals surface area contributed by atoms with Crippen molar-refractivity contribution in [1.82, 2.24) is 4.90 Å². The lowest BCUT2D eigenvalue weighted by molar-refractivity contribution is 0.0322. The van der Waals surface area contributed by atoms with Crippen LogP contribution in [0.5, 0.6) is 5.75 Å². The van der Waals surface area contributed by atoms with E-state index in [-0.39, 0.29) is 0 Å². The highest BCUT2D eigenvalue weighted by Gasteiger charge is 2.13. The summed E-state index contributed by atoms with van der Waals surface area (Å²) >= 11 is 0. The van der Waals surface area contributed by atoms with E-state index in [0.29, 0.717) is 6.61 Å². The van der Waals surface area contributed by atoms with Gasteiger partial charge >= 0.3 is 0 Å². The third-order valence-electron chi connectivity index (χ3n) is 6.03. The minimum atomic E-state index is 0.703. The summed E-state index contributed by atoms with van der Waals surface area (Å²) in [5.41, 5.74) is 6.63. The minimum absolute atomic E-state index is 0.703. The van der Waals surface area contributed by atoms with Crippen LogP contribution < -0.4 is 4.74 Å². The van der Waals surface area contributed by atoms with Crippen molar-refractivity contribution in [2.75, 3.05) is 39.5 Å². The van der Waals surface area contributed by atoms with E-state index in [4.69, 9.17) is 9.47 Å². The van der Waals surface area contributed by atoms with Crippen LogP contribution >= 0.6 is 0 Å². The van der Waals surface area contributed by atoms with Crippen molar-refractivity contribution in [3.63, 3.8) is 0 Å². The van der Waals surface area contributed by atoms with Crippen LogP contribution in [0.25, 0.3) is 5.57 Å². The van der Waals surface area contributed by atoms with Crippen LogP contribution in [0.2, 0.25) is 0 Å². The molecule has 3 aromatic carbocycles. The van der Waals surface area contributed by atoms with Crippen molar-refractivity contribution in [2.24, 2.45) is 0 Å². The molecule has 0 unspecified atom stereocenters. The molecule has 0 atom stereocenters. The number of benzene rings is 3. The van der Waals surface area contributed by atoms with Crippen molar-refractivity contribution in [2.45, 2.75) is 19.8 Å². The molecule has 0 bridgehead atoms. The Morgan fingerprint density at radius 1 is 0.812 bits per heavy atom. The van der Waals surface area contributed by atoms with Gasteiger partial charge < -0.3 is 9.47 Å². The molecular formula is C29H33NO2. The average molecular weight is 428 g/mol.